The molecule has 13 heteroatoms. The van der Waals surface area contributed by atoms with Crippen molar-refractivity contribution >= 4 is 23.9 Å². The van der Waals surface area contributed by atoms with E-state index in [1.165, 1.54) is 39.8 Å². The minimum atomic E-state index is -2.04. The maximum atomic E-state index is 14.0. The molecule has 3 fully saturated rings. The molecular formula is C36H48O13. The number of carbonyl (C=O) groups excluding carboxylic acids is 4. The van der Waals surface area contributed by atoms with Crippen LogP contribution >= 0.6 is 0 Å². The highest BCUT2D eigenvalue weighted by molar-refractivity contribution is 5.89. The van der Waals surface area contributed by atoms with Gasteiger partial charge in [0.2, 0.25) is 0 Å². The van der Waals surface area contributed by atoms with Crippen LogP contribution in [-0.2, 0) is 42.8 Å². The summed E-state index contributed by atoms with van der Waals surface area (Å²) >= 11 is 0. The maximum Gasteiger partial charge on any atom is 0.338 e. The lowest BCUT2D eigenvalue weighted by Crippen LogP contribution is -2.76. The molecule has 0 bridgehead atoms. The zero-order valence-corrected chi connectivity index (χ0v) is 29.5. The topological polar surface area (TPSA) is 184 Å². The molecule has 0 unspecified atom stereocenters. The van der Waals surface area contributed by atoms with Crippen LogP contribution in [0.15, 0.2) is 41.5 Å². The Balaban J connectivity index is 1.93. The fourth-order valence-electron chi connectivity index (χ4n) is 9.04. The third kappa shape index (κ3) is 5.97. The van der Waals surface area contributed by atoms with E-state index in [9.17, 15) is 34.5 Å². The van der Waals surface area contributed by atoms with Crippen molar-refractivity contribution in [3.8, 4) is 0 Å². The van der Waals surface area contributed by atoms with Gasteiger partial charge in [0.25, 0.3) is 0 Å². The number of carbonyl (C=O) groups is 4. The van der Waals surface area contributed by atoms with Crippen LogP contribution in [0.2, 0.25) is 0 Å². The Bertz CT molecular complexity index is 1530. The van der Waals surface area contributed by atoms with Gasteiger partial charge in [0.15, 0.2) is 18.0 Å². The van der Waals surface area contributed by atoms with E-state index in [0.717, 1.165) is 6.92 Å². The molecule has 1 saturated heterocycles. The Morgan fingerprint density at radius 3 is 2.02 bits per heavy atom. The highest BCUT2D eigenvalue weighted by atomic mass is 16.7. The number of benzene rings is 1. The SMILES string of the molecule is CC(=O)O[C@H]1C[C@@H]2OC(C)(C)OC[C@@]2(O)[C@H]2[C@H](OC(C)=O)[C@]3(C(C)(C)O)C[C@H](O)C(C)=C3[C@@H](OC(=O)c3ccccc3)[C@H](OC(C)=O)[C@]12C. The predicted octanol–water partition coefficient (Wildman–Crippen LogP) is 2.77. The first kappa shape index (κ1) is 36.9. The first-order valence-electron chi connectivity index (χ1n) is 16.5. The summed E-state index contributed by atoms with van der Waals surface area (Å²) in [6, 6.07) is 8.08. The molecule has 10 atom stereocenters. The summed E-state index contributed by atoms with van der Waals surface area (Å²) in [6.07, 6.45) is -8.48. The van der Waals surface area contributed by atoms with Gasteiger partial charge in [0, 0.05) is 33.1 Å². The normalized spacial score (nSPS) is 38.2. The third-order valence-corrected chi connectivity index (χ3v) is 11.1. The molecule has 1 heterocycles. The van der Waals surface area contributed by atoms with Gasteiger partial charge in [-0.05, 0) is 64.3 Å². The standard InChI is InChI=1S/C36H48O13/c1-18-23(40)16-35(32(5,6)42)26(18)27(48-31(41)22-13-11-10-12-14-22)29(46-20(3)38)34(9)24(45-19(2)37)15-25-36(43,17-44-33(7,8)49-25)28(34)30(35)47-21(4)39/h10-14,23-25,27-30,40,42-43H,15-17H2,1-9H3/t23-,24-,25-,27+,28-,29-,30-,34+,35-,36-/m0/s1. The monoisotopic (exact) mass is 688 g/mol. The van der Waals surface area contributed by atoms with E-state index in [-0.39, 0.29) is 36.2 Å². The molecule has 1 aromatic rings. The Morgan fingerprint density at radius 1 is 0.898 bits per heavy atom. The molecule has 0 amide bonds. The smallest absolute Gasteiger partial charge is 0.338 e. The van der Waals surface area contributed by atoms with Crippen molar-refractivity contribution in [2.24, 2.45) is 16.7 Å². The number of hydrogen-bond donors (Lipinski definition) is 3. The molecule has 5 rings (SSSR count). The van der Waals surface area contributed by atoms with Crippen LogP contribution in [0.5, 0.6) is 0 Å². The molecule has 1 aliphatic heterocycles. The third-order valence-electron chi connectivity index (χ3n) is 11.1. The number of aliphatic hydroxyl groups is 3. The average Bonchev–Trinajstić information content (AvgIpc) is 3.22. The van der Waals surface area contributed by atoms with E-state index < -0.39 is 94.2 Å². The average molecular weight is 689 g/mol. The largest absolute Gasteiger partial charge is 0.462 e. The van der Waals surface area contributed by atoms with E-state index in [1.54, 1.807) is 45.9 Å². The van der Waals surface area contributed by atoms with E-state index in [4.69, 9.17) is 28.4 Å². The van der Waals surface area contributed by atoms with Gasteiger partial charge in [-0.3, -0.25) is 14.4 Å². The zero-order valence-electron chi connectivity index (χ0n) is 29.5. The molecule has 270 valence electrons. The molecule has 0 aromatic heterocycles. The fourth-order valence-corrected chi connectivity index (χ4v) is 9.04. The van der Waals surface area contributed by atoms with E-state index in [0.29, 0.717) is 0 Å². The van der Waals surface area contributed by atoms with Gasteiger partial charge in [-0.2, -0.15) is 0 Å². The summed E-state index contributed by atoms with van der Waals surface area (Å²) in [7, 11) is 0. The molecule has 3 N–H and O–H groups in total. The first-order valence-corrected chi connectivity index (χ1v) is 16.5. The number of fused-ring (bicyclic) bond motifs is 4. The van der Waals surface area contributed by atoms with Crippen molar-refractivity contribution in [2.75, 3.05) is 6.61 Å². The van der Waals surface area contributed by atoms with Crippen molar-refractivity contribution in [3.63, 3.8) is 0 Å². The molecule has 4 aliphatic rings. The summed E-state index contributed by atoms with van der Waals surface area (Å²) in [5.74, 6) is -5.68. The van der Waals surface area contributed by atoms with Crippen molar-refractivity contribution in [1.82, 2.24) is 0 Å². The highest BCUT2D eigenvalue weighted by Gasteiger charge is 2.78. The quantitative estimate of drug-likeness (QED) is 0.225. The molecule has 49 heavy (non-hydrogen) atoms. The number of aliphatic hydroxyl groups excluding tert-OH is 1. The number of hydrogen-bond acceptors (Lipinski definition) is 13. The fraction of sp³-hybridized carbons (Fsp3) is 0.667. The second-order valence-electron chi connectivity index (χ2n) is 15.1. The van der Waals surface area contributed by atoms with Gasteiger partial charge in [0.1, 0.15) is 17.8 Å². The van der Waals surface area contributed by atoms with Gasteiger partial charge < -0.3 is 43.7 Å². The van der Waals surface area contributed by atoms with E-state index >= 15 is 0 Å². The Morgan fingerprint density at radius 2 is 1.47 bits per heavy atom. The van der Waals surface area contributed by atoms with Crippen LogP contribution < -0.4 is 0 Å². The maximum absolute atomic E-state index is 14.0. The van der Waals surface area contributed by atoms with Crippen molar-refractivity contribution < 1.29 is 62.9 Å². The molecule has 0 spiro atoms. The predicted molar refractivity (Wildman–Crippen MR) is 170 cm³/mol. The molecular weight excluding hydrogens is 640 g/mol. The lowest BCUT2D eigenvalue weighted by molar-refractivity contribution is -0.385. The van der Waals surface area contributed by atoms with Crippen molar-refractivity contribution in [1.29, 1.82) is 0 Å². The molecule has 1 aromatic carbocycles. The summed E-state index contributed by atoms with van der Waals surface area (Å²) in [5, 5.41) is 36.9. The van der Waals surface area contributed by atoms with Crippen LogP contribution in [0.25, 0.3) is 0 Å². The number of rotatable bonds is 6. The second-order valence-corrected chi connectivity index (χ2v) is 15.1. The lowest BCUT2D eigenvalue weighted by Gasteiger charge is -2.63. The minimum Gasteiger partial charge on any atom is -0.462 e. The molecule has 2 saturated carbocycles. The van der Waals surface area contributed by atoms with Gasteiger partial charge >= 0.3 is 23.9 Å². The van der Waals surface area contributed by atoms with Gasteiger partial charge in [-0.1, -0.05) is 25.1 Å². The zero-order chi connectivity index (χ0) is 36.5. The van der Waals surface area contributed by atoms with Gasteiger partial charge in [0.05, 0.1) is 40.8 Å². The summed E-state index contributed by atoms with van der Waals surface area (Å²) in [4.78, 5) is 53.1. The van der Waals surface area contributed by atoms with Gasteiger partial charge in [-0.15, -0.1) is 0 Å². The molecule has 0 radical (unpaired) electrons. The van der Waals surface area contributed by atoms with Crippen LogP contribution in [-0.4, -0.2) is 99.4 Å². The van der Waals surface area contributed by atoms with E-state index in [2.05, 4.69) is 0 Å². The van der Waals surface area contributed by atoms with Crippen LogP contribution in [0.4, 0.5) is 0 Å². The van der Waals surface area contributed by atoms with Crippen LogP contribution in [0, 0.1) is 16.7 Å². The molecule has 13 nitrogen and oxygen atoms in total. The highest BCUT2D eigenvalue weighted by Crippen LogP contribution is 2.67. The van der Waals surface area contributed by atoms with E-state index in [1.807, 2.05) is 0 Å². The van der Waals surface area contributed by atoms with Gasteiger partial charge in [-0.25, -0.2) is 4.79 Å². The summed E-state index contributed by atoms with van der Waals surface area (Å²) < 4.78 is 37.0. The number of esters is 4. The minimum absolute atomic E-state index is 0.115. The summed E-state index contributed by atoms with van der Waals surface area (Å²) in [5.41, 5.74) is -6.80. The number of ether oxygens (including phenoxy) is 6. The summed E-state index contributed by atoms with van der Waals surface area (Å²) in [6.45, 7) is 12.6. The second kappa shape index (κ2) is 12.4. The van der Waals surface area contributed by atoms with Crippen molar-refractivity contribution in [2.45, 2.75) is 129 Å². The van der Waals surface area contributed by atoms with Crippen LogP contribution in [0.3, 0.4) is 0 Å². The Hall–Kier alpha value is -3.36. The van der Waals surface area contributed by atoms with Crippen molar-refractivity contribution in [3.05, 3.63) is 47.0 Å². The first-order chi connectivity index (χ1) is 22.6. The molecule has 3 aliphatic carbocycles. The lowest BCUT2D eigenvalue weighted by atomic mass is 9.50. The Labute approximate surface area is 285 Å². The Kier molecular flexibility index (Phi) is 9.38. The van der Waals surface area contributed by atoms with Crippen LogP contribution in [0.1, 0.15) is 85.5 Å².